The van der Waals surface area contributed by atoms with E-state index in [1.165, 1.54) is 5.56 Å². The van der Waals surface area contributed by atoms with Gasteiger partial charge < -0.3 is 14.6 Å². The summed E-state index contributed by atoms with van der Waals surface area (Å²) in [6.45, 7) is 2.95. The van der Waals surface area contributed by atoms with Crippen LogP contribution in [0.1, 0.15) is 28.8 Å². The van der Waals surface area contributed by atoms with Crippen LogP contribution in [0.25, 0.3) is 10.9 Å². The third kappa shape index (κ3) is 3.81. The third-order valence-corrected chi connectivity index (χ3v) is 5.07. The van der Waals surface area contributed by atoms with Gasteiger partial charge in [-0.2, -0.15) is 0 Å². The highest BCUT2D eigenvalue weighted by Gasteiger charge is 2.24. The quantitative estimate of drug-likeness (QED) is 0.750. The van der Waals surface area contributed by atoms with Crippen molar-refractivity contribution in [1.29, 1.82) is 0 Å². The van der Waals surface area contributed by atoms with Gasteiger partial charge in [0, 0.05) is 35.8 Å². The monoisotopic (exact) mass is 348 g/mol. The normalized spacial score (nSPS) is 17.5. The van der Waals surface area contributed by atoms with E-state index in [1.807, 2.05) is 53.6 Å². The fourth-order valence-electron chi connectivity index (χ4n) is 3.67. The number of hydrogen-bond acceptors (Lipinski definition) is 2. The van der Waals surface area contributed by atoms with Crippen molar-refractivity contribution in [3.63, 3.8) is 0 Å². The molecule has 1 aliphatic heterocycles. The topological polar surface area (TPSA) is 45.3 Å². The molecule has 1 unspecified atom stereocenters. The molecule has 4 rings (SSSR count). The Morgan fingerprint density at radius 3 is 2.92 bits per heavy atom. The Balaban J connectivity index is 1.34. The van der Waals surface area contributed by atoms with Crippen molar-refractivity contribution >= 4 is 16.8 Å². The SMILES string of the molecule is O=C(c1ccc2[nH]ccc2c1)N1CCCC(COCc2ccccc2)C1. The molecular formula is C22H24N2O2. The number of aromatic nitrogens is 1. The molecule has 3 aromatic rings. The molecule has 1 N–H and O–H groups in total. The maximum Gasteiger partial charge on any atom is 0.253 e. The van der Waals surface area contributed by atoms with Crippen molar-refractivity contribution < 1.29 is 9.53 Å². The van der Waals surface area contributed by atoms with Crippen LogP contribution < -0.4 is 0 Å². The largest absolute Gasteiger partial charge is 0.376 e. The smallest absolute Gasteiger partial charge is 0.253 e. The molecule has 0 spiro atoms. The lowest BCUT2D eigenvalue weighted by molar-refractivity contribution is 0.0426. The summed E-state index contributed by atoms with van der Waals surface area (Å²) >= 11 is 0. The van der Waals surface area contributed by atoms with Crippen molar-refractivity contribution in [2.24, 2.45) is 5.92 Å². The van der Waals surface area contributed by atoms with Gasteiger partial charge in [0.2, 0.25) is 0 Å². The Bertz CT molecular complexity index is 872. The number of benzene rings is 2. The van der Waals surface area contributed by atoms with Gasteiger partial charge in [0.05, 0.1) is 13.2 Å². The summed E-state index contributed by atoms with van der Waals surface area (Å²) in [5.41, 5.74) is 3.02. The zero-order valence-corrected chi connectivity index (χ0v) is 14.9. The zero-order chi connectivity index (χ0) is 17.8. The molecule has 2 heterocycles. The van der Waals surface area contributed by atoms with E-state index in [1.54, 1.807) is 0 Å². The van der Waals surface area contributed by atoms with Crippen molar-refractivity contribution in [2.45, 2.75) is 19.4 Å². The van der Waals surface area contributed by atoms with Gasteiger partial charge in [-0.05, 0) is 48.6 Å². The van der Waals surface area contributed by atoms with Crippen LogP contribution in [-0.4, -0.2) is 35.5 Å². The van der Waals surface area contributed by atoms with Crippen LogP contribution in [0, 0.1) is 5.92 Å². The van der Waals surface area contributed by atoms with Crippen LogP contribution >= 0.6 is 0 Å². The number of nitrogens with zero attached hydrogens (tertiary/aromatic N) is 1. The van der Waals surface area contributed by atoms with Crippen LogP contribution in [0.4, 0.5) is 0 Å². The highest BCUT2D eigenvalue weighted by atomic mass is 16.5. The van der Waals surface area contributed by atoms with E-state index in [0.29, 0.717) is 19.1 Å². The molecular weight excluding hydrogens is 324 g/mol. The van der Waals surface area contributed by atoms with E-state index in [0.717, 1.165) is 42.4 Å². The summed E-state index contributed by atoms with van der Waals surface area (Å²) in [7, 11) is 0. The summed E-state index contributed by atoms with van der Waals surface area (Å²) in [6.07, 6.45) is 4.06. The number of amides is 1. The first-order chi connectivity index (χ1) is 12.8. The molecule has 134 valence electrons. The number of carbonyl (C=O) groups is 1. The summed E-state index contributed by atoms with van der Waals surface area (Å²) in [6, 6.07) is 18.1. The number of piperidine rings is 1. The highest BCUT2D eigenvalue weighted by Crippen LogP contribution is 2.21. The van der Waals surface area contributed by atoms with Gasteiger partial charge in [-0.25, -0.2) is 0 Å². The number of likely N-dealkylation sites (tertiary alicyclic amines) is 1. The molecule has 1 amide bonds. The van der Waals surface area contributed by atoms with E-state index >= 15 is 0 Å². The lowest BCUT2D eigenvalue weighted by Crippen LogP contribution is -2.41. The number of ether oxygens (including phenoxy) is 1. The third-order valence-electron chi connectivity index (χ3n) is 5.07. The van der Waals surface area contributed by atoms with Crippen molar-refractivity contribution in [3.05, 3.63) is 71.9 Å². The minimum atomic E-state index is 0.126. The average Bonchev–Trinajstić information content (AvgIpc) is 3.16. The summed E-state index contributed by atoms with van der Waals surface area (Å²) in [5, 5.41) is 1.08. The summed E-state index contributed by atoms with van der Waals surface area (Å²) in [4.78, 5) is 18.0. The van der Waals surface area contributed by atoms with E-state index in [-0.39, 0.29) is 5.91 Å². The molecule has 1 saturated heterocycles. The number of hydrogen-bond donors (Lipinski definition) is 1. The maximum atomic E-state index is 12.9. The number of rotatable bonds is 5. The van der Waals surface area contributed by atoms with E-state index in [9.17, 15) is 4.79 Å². The molecule has 4 nitrogen and oxygen atoms in total. The fourth-order valence-corrected chi connectivity index (χ4v) is 3.67. The first-order valence-electron chi connectivity index (χ1n) is 9.28. The second-order valence-electron chi connectivity index (χ2n) is 7.04. The van der Waals surface area contributed by atoms with Gasteiger partial charge in [0.15, 0.2) is 0 Å². The minimum absolute atomic E-state index is 0.126. The number of aromatic amines is 1. The van der Waals surface area contributed by atoms with Gasteiger partial charge in [-0.1, -0.05) is 30.3 Å². The highest BCUT2D eigenvalue weighted by molar-refractivity contribution is 5.98. The van der Waals surface area contributed by atoms with Crippen molar-refractivity contribution in [2.75, 3.05) is 19.7 Å². The van der Waals surface area contributed by atoms with Gasteiger partial charge in [0.25, 0.3) is 5.91 Å². The van der Waals surface area contributed by atoms with E-state index in [4.69, 9.17) is 4.74 Å². The molecule has 2 aromatic carbocycles. The van der Waals surface area contributed by atoms with Crippen LogP contribution in [0.2, 0.25) is 0 Å². The van der Waals surface area contributed by atoms with Crippen molar-refractivity contribution in [3.8, 4) is 0 Å². The first kappa shape index (κ1) is 16.9. The second-order valence-corrected chi connectivity index (χ2v) is 7.04. The van der Waals surface area contributed by atoms with E-state index < -0.39 is 0 Å². The van der Waals surface area contributed by atoms with Crippen LogP contribution in [0.3, 0.4) is 0 Å². The molecule has 1 aliphatic rings. The van der Waals surface area contributed by atoms with Crippen LogP contribution in [0.5, 0.6) is 0 Å². The predicted octanol–water partition coefficient (Wildman–Crippen LogP) is 4.24. The minimum Gasteiger partial charge on any atom is -0.376 e. The fraction of sp³-hybridized carbons (Fsp3) is 0.318. The van der Waals surface area contributed by atoms with E-state index in [2.05, 4.69) is 17.1 Å². The molecule has 0 radical (unpaired) electrons. The lowest BCUT2D eigenvalue weighted by Gasteiger charge is -2.32. The maximum absolute atomic E-state index is 12.9. The Labute approximate surface area is 153 Å². The molecule has 26 heavy (non-hydrogen) atoms. The Morgan fingerprint density at radius 2 is 2.04 bits per heavy atom. The van der Waals surface area contributed by atoms with Gasteiger partial charge >= 0.3 is 0 Å². The lowest BCUT2D eigenvalue weighted by atomic mass is 9.98. The molecule has 1 atom stereocenters. The Hall–Kier alpha value is -2.59. The Kier molecular flexibility index (Phi) is 5.02. The first-order valence-corrected chi connectivity index (χ1v) is 9.28. The van der Waals surface area contributed by atoms with Gasteiger partial charge in [-0.3, -0.25) is 4.79 Å². The van der Waals surface area contributed by atoms with Gasteiger partial charge in [-0.15, -0.1) is 0 Å². The molecule has 1 aromatic heterocycles. The Morgan fingerprint density at radius 1 is 1.15 bits per heavy atom. The zero-order valence-electron chi connectivity index (χ0n) is 14.9. The second kappa shape index (κ2) is 7.75. The number of fused-ring (bicyclic) bond motifs is 1. The van der Waals surface area contributed by atoms with Crippen LogP contribution in [-0.2, 0) is 11.3 Å². The molecule has 0 saturated carbocycles. The average molecular weight is 348 g/mol. The molecule has 4 heteroatoms. The van der Waals surface area contributed by atoms with Crippen LogP contribution in [0.15, 0.2) is 60.8 Å². The number of nitrogens with one attached hydrogen (secondary N) is 1. The molecule has 0 bridgehead atoms. The predicted molar refractivity (Wildman–Crippen MR) is 103 cm³/mol. The molecule has 1 fully saturated rings. The van der Waals surface area contributed by atoms with Crippen molar-refractivity contribution in [1.82, 2.24) is 9.88 Å². The summed E-state index contributed by atoms with van der Waals surface area (Å²) in [5.74, 6) is 0.535. The van der Waals surface area contributed by atoms with Gasteiger partial charge in [0.1, 0.15) is 0 Å². The molecule has 0 aliphatic carbocycles. The number of carbonyl (C=O) groups excluding carboxylic acids is 1. The number of H-pyrrole nitrogens is 1. The standard InChI is InChI=1S/C22H24N2O2/c25-22(20-8-9-21-19(13-20)10-11-23-21)24-12-4-7-18(14-24)16-26-15-17-5-2-1-3-6-17/h1-3,5-6,8-11,13,18,23H,4,7,12,14-16H2. The summed E-state index contributed by atoms with van der Waals surface area (Å²) < 4.78 is 5.90.